The lowest BCUT2D eigenvalue weighted by molar-refractivity contribution is -0.153. The van der Waals surface area contributed by atoms with Gasteiger partial charge in [0, 0.05) is 17.7 Å². The predicted molar refractivity (Wildman–Crippen MR) is 107 cm³/mol. The Labute approximate surface area is 164 Å². The van der Waals surface area contributed by atoms with Gasteiger partial charge >= 0.3 is 5.97 Å². The van der Waals surface area contributed by atoms with Gasteiger partial charge in [0.1, 0.15) is 5.75 Å². The second-order valence-electron chi connectivity index (χ2n) is 6.52. The molecule has 0 saturated heterocycles. The molecular weight excluding hydrogens is 358 g/mol. The van der Waals surface area contributed by atoms with Gasteiger partial charge in [0.2, 0.25) is 0 Å². The molecule has 0 radical (unpaired) electrons. The van der Waals surface area contributed by atoms with Crippen molar-refractivity contribution in [2.45, 2.75) is 39.7 Å². The number of aryl methyl sites for hydroxylation is 1. The highest BCUT2D eigenvalue weighted by atomic mass is 16.5. The average molecular weight is 383 g/mol. The van der Waals surface area contributed by atoms with Crippen LogP contribution in [-0.2, 0) is 14.3 Å². The van der Waals surface area contributed by atoms with Crippen molar-refractivity contribution >= 4 is 23.3 Å². The summed E-state index contributed by atoms with van der Waals surface area (Å²) in [6.45, 7) is 5.33. The van der Waals surface area contributed by atoms with E-state index in [9.17, 15) is 14.4 Å². The lowest BCUT2D eigenvalue weighted by Gasteiger charge is -2.14. The Bertz CT molecular complexity index is 812. The van der Waals surface area contributed by atoms with Crippen molar-refractivity contribution in [2.75, 3.05) is 11.9 Å². The molecule has 0 spiro atoms. The number of amides is 1. The quantitative estimate of drug-likeness (QED) is 0.403. The van der Waals surface area contributed by atoms with Crippen LogP contribution in [0.2, 0.25) is 0 Å². The number of rotatable bonds is 9. The summed E-state index contributed by atoms with van der Waals surface area (Å²) in [5.74, 6) is -0.208. The summed E-state index contributed by atoms with van der Waals surface area (Å²) in [4.78, 5) is 35.2. The molecule has 0 saturated carbocycles. The fourth-order valence-corrected chi connectivity index (χ4v) is 2.38. The summed E-state index contributed by atoms with van der Waals surface area (Å²) in [6, 6.07) is 14.2. The average Bonchev–Trinajstić information content (AvgIpc) is 2.67. The van der Waals surface area contributed by atoms with Gasteiger partial charge < -0.3 is 14.8 Å². The van der Waals surface area contributed by atoms with Crippen LogP contribution in [0.15, 0.2) is 48.5 Å². The van der Waals surface area contributed by atoms with E-state index in [4.69, 9.17) is 9.47 Å². The molecule has 2 aromatic rings. The van der Waals surface area contributed by atoms with E-state index in [0.717, 1.165) is 5.56 Å². The molecule has 0 heterocycles. The van der Waals surface area contributed by atoms with E-state index in [0.29, 0.717) is 30.0 Å². The van der Waals surface area contributed by atoms with E-state index in [1.165, 1.54) is 13.8 Å². The van der Waals surface area contributed by atoms with Crippen LogP contribution in [0.5, 0.6) is 5.75 Å². The molecular formula is C22H25NO5. The maximum Gasteiger partial charge on any atom is 0.306 e. The lowest BCUT2D eigenvalue weighted by atomic mass is 10.1. The van der Waals surface area contributed by atoms with Crippen LogP contribution in [0, 0.1) is 6.92 Å². The Morgan fingerprint density at radius 1 is 1.00 bits per heavy atom. The standard InChI is InChI=1S/C22H25NO5/c1-15-6-10-19(11-7-15)23-22(26)17(3)28-21(25)5-4-14-27-20-12-8-18(9-13-20)16(2)24/h6-13,17H,4-5,14H2,1-3H3,(H,23,26)/t17-/m1/s1. The van der Waals surface area contributed by atoms with Gasteiger partial charge in [-0.05, 0) is 63.6 Å². The first-order valence-corrected chi connectivity index (χ1v) is 9.16. The van der Waals surface area contributed by atoms with Gasteiger partial charge in [-0.15, -0.1) is 0 Å². The van der Waals surface area contributed by atoms with Crippen molar-refractivity contribution in [1.29, 1.82) is 0 Å². The summed E-state index contributed by atoms with van der Waals surface area (Å²) < 4.78 is 10.7. The molecule has 6 heteroatoms. The Hall–Kier alpha value is -3.15. The minimum Gasteiger partial charge on any atom is -0.494 e. The van der Waals surface area contributed by atoms with Gasteiger partial charge in [0.05, 0.1) is 6.61 Å². The highest BCUT2D eigenvalue weighted by Crippen LogP contribution is 2.13. The molecule has 2 aromatic carbocycles. The first-order valence-electron chi connectivity index (χ1n) is 9.16. The molecule has 28 heavy (non-hydrogen) atoms. The zero-order valence-corrected chi connectivity index (χ0v) is 16.4. The number of Topliss-reactive ketones (excluding diaryl/α,β-unsaturated/α-hetero) is 1. The Kier molecular flexibility index (Phi) is 7.75. The molecule has 148 valence electrons. The number of anilines is 1. The summed E-state index contributed by atoms with van der Waals surface area (Å²) in [5, 5.41) is 2.71. The topological polar surface area (TPSA) is 81.7 Å². The monoisotopic (exact) mass is 383 g/mol. The molecule has 0 bridgehead atoms. The van der Waals surface area contributed by atoms with Crippen LogP contribution in [0.3, 0.4) is 0 Å². The van der Waals surface area contributed by atoms with E-state index >= 15 is 0 Å². The molecule has 1 atom stereocenters. The number of carbonyl (C=O) groups excluding carboxylic acids is 3. The smallest absolute Gasteiger partial charge is 0.306 e. The van der Waals surface area contributed by atoms with Crippen molar-refractivity contribution in [3.63, 3.8) is 0 Å². The first-order chi connectivity index (χ1) is 13.3. The number of hydrogen-bond acceptors (Lipinski definition) is 5. The van der Waals surface area contributed by atoms with E-state index in [2.05, 4.69) is 5.32 Å². The number of carbonyl (C=O) groups is 3. The number of esters is 1. The van der Waals surface area contributed by atoms with Crippen molar-refractivity contribution in [1.82, 2.24) is 0 Å². The van der Waals surface area contributed by atoms with Crippen LogP contribution in [0.1, 0.15) is 42.6 Å². The highest BCUT2D eigenvalue weighted by molar-refractivity contribution is 5.95. The number of ether oxygens (including phenoxy) is 2. The number of hydrogen-bond donors (Lipinski definition) is 1. The van der Waals surface area contributed by atoms with Gasteiger partial charge in [0.25, 0.3) is 5.91 Å². The molecule has 0 aromatic heterocycles. The minimum atomic E-state index is -0.881. The second-order valence-corrected chi connectivity index (χ2v) is 6.52. The van der Waals surface area contributed by atoms with Gasteiger partial charge in [-0.25, -0.2) is 0 Å². The van der Waals surface area contributed by atoms with Crippen LogP contribution in [-0.4, -0.2) is 30.4 Å². The molecule has 0 aliphatic heterocycles. The van der Waals surface area contributed by atoms with Crippen LogP contribution in [0.25, 0.3) is 0 Å². The largest absolute Gasteiger partial charge is 0.494 e. The molecule has 2 rings (SSSR count). The van der Waals surface area contributed by atoms with Gasteiger partial charge in [0.15, 0.2) is 11.9 Å². The van der Waals surface area contributed by atoms with E-state index in [1.54, 1.807) is 36.4 Å². The third-order valence-corrected chi connectivity index (χ3v) is 4.05. The molecule has 0 aliphatic carbocycles. The summed E-state index contributed by atoms with van der Waals surface area (Å²) in [6.07, 6.45) is -0.276. The number of ketones is 1. The molecule has 0 fully saturated rings. The lowest BCUT2D eigenvalue weighted by Crippen LogP contribution is -2.30. The van der Waals surface area contributed by atoms with E-state index < -0.39 is 12.1 Å². The minimum absolute atomic E-state index is 0.00479. The third-order valence-electron chi connectivity index (χ3n) is 4.05. The van der Waals surface area contributed by atoms with Gasteiger partial charge in [-0.1, -0.05) is 17.7 Å². The van der Waals surface area contributed by atoms with Crippen molar-refractivity contribution in [3.05, 3.63) is 59.7 Å². The maximum atomic E-state index is 12.1. The number of benzene rings is 2. The fourth-order valence-electron chi connectivity index (χ4n) is 2.38. The summed E-state index contributed by atoms with van der Waals surface area (Å²) in [5.41, 5.74) is 2.37. The normalized spacial score (nSPS) is 11.4. The first kappa shape index (κ1) is 21.2. The highest BCUT2D eigenvalue weighted by Gasteiger charge is 2.17. The molecule has 6 nitrogen and oxygen atoms in total. The Morgan fingerprint density at radius 3 is 2.25 bits per heavy atom. The van der Waals surface area contributed by atoms with Crippen LogP contribution < -0.4 is 10.1 Å². The molecule has 0 unspecified atom stereocenters. The maximum absolute atomic E-state index is 12.1. The third kappa shape index (κ3) is 6.87. The number of nitrogens with one attached hydrogen (secondary N) is 1. The Balaban J connectivity index is 1.67. The molecule has 1 N–H and O–H groups in total. The van der Waals surface area contributed by atoms with E-state index in [-0.39, 0.29) is 18.1 Å². The van der Waals surface area contributed by atoms with Gasteiger partial charge in [-0.2, -0.15) is 0 Å². The fraction of sp³-hybridized carbons (Fsp3) is 0.318. The molecule has 0 aliphatic rings. The SMILES string of the molecule is CC(=O)c1ccc(OCCCC(=O)O[C@H](C)C(=O)Nc2ccc(C)cc2)cc1. The molecule has 1 amide bonds. The summed E-state index contributed by atoms with van der Waals surface area (Å²) >= 11 is 0. The Morgan fingerprint density at radius 2 is 1.64 bits per heavy atom. The van der Waals surface area contributed by atoms with Crippen molar-refractivity contribution < 1.29 is 23.9 Å². The second kappa shape index (κ2) is 10.3. The van der Waals surface area contributed by atoms with Crippen molar-refractivity contribution in [2.24, 2.45) is 0 Å². The van der Waals surface area contributed by atoms with Crippen LogP contribution >= 0.6 is 0 Å². The summed E-state index contributed by atoms with van der Waals surface area (Å²) in [7, 11) is 0. The van der Waals surface area contributed by atoms with E-state index in [1.807, 2.05) is 19.1 Å². The van der Waals surface area contributed by atoms with Crippen molar-refractivity contribution in [3.8, 4) is 5.75 Å². The van der Waals surface area contributed by atoms with Gasteiger partial charge in [-0.3, -0.25) is 14.4 Å². The predicted octanol–water partition coefficient (Wildman–Crippen LogP) is 3.93. The zero-order valence-electron chi connectivity index (χ0n) is 16.4. The van der Waals surface area contributed by atoms with Crippen LogP contribution in [0.4, 0.5) is 5.69 Å². The zero-order chi connectivity index (χ0) is 20.5.